The fourth-order valence-electron chi connectivity index (χ4n) is 4.66. The van der Waals surface area contributed by atoms with E-state index in [0.717, 1.165) is 17.1 Å². The van der Waals surface area contributed by atoms with Crippen molar-refractivity contribution in [2.45, 2.75) is 27.1 Å². The fraction of sp³-hybridized carbons (Fsp3) is 0.147. The van der Waals surface area contributed by atoms with Gasteiger partial charge in [-0.05, 0) is 92.2 Å². The Morgan fingerprint density at radius 1 is 0.956 bits per heavy atom. The molecular weight excluding hydrogens is 642 g/mol. The third-order valence-electron chi connectivity index (χ3n) is 6.83. The van der Waals surface area contributed by atoms with Crippen LogP contribution in [0.15, 0.2) is 98.9 Å². The number of hydrogen-bond acceptors (Lipinski definition) is 7. The second kappa shape index (κ2) is 14.0. The van der Waals surface area contributed by atoms with Crippen LogP contribution >= 0.6 is 15.9 Å². The first-order valence-corrected chi connectivity index (χ1v) is 14.6. The fourth-order valence-corrected chi connectivity index (χ4v) is 5.11. The standard InChI is InChI=1S/C34H30BrN3O7/c1-21-7-8-22(2)38(21)27-9-11-28(12-10-27)43-20-29-13-14-30(45-29)33(39)37-36-18-25-16-26(35)17-31(42-3)32(25)44-19-23-5-4-6-24(15-23)34(40)41/h4-18H,19-20H2,1-3H3,(H,37,39)(H,40,41). The number of hydrogen-bond donors (Lipinski definition) is 2. The number of aryl methyl sites for hydroxylation is 2. The number of nitrogens with zero attached hydrogens (tertiary/aromatic N) is 2. The highest BCUT2D eigenvalue weighted by Crippen LogP contribution is 2.34. The van der Waals surface area contributed by atoms with E-state index in [4.69, 9.17) is 18.6 Å². The summed E-state index contributed by atoms with van der Waals surface area (Å²) in [6, 6.07) is 25.1. The summed E-state index contributed by atoms with van der Waals surface area (Å²) in [5.74, 6) is 0.433. The summed E-state index contributed by atoms with van der Waals surface area (Å²) in [7, 11) is 1.50. The molecule has 45 heavy (non-hydrogen) atoms. The van der Waals surface area contributed by atoms with Gasteiger partial charge in [0.05, 0.1) is 18.9 Å². The quantitative estimate of drug-likeness (QED) is 0.107. The monoisotopic (exact) mass is 671 g/mol. The van der Waals surface area contributed by atoms with Crippen LogP contribution in [-0.2, 0) is 13.2 Å². The number of amides is 1. The maximum absolute atomic E-state index is 12.7. The lowest BCUT2D eigenvalue weighted by atomic mass is 10.1. The summed E-state index contributed by atoms with van der Waals surface area (Å²) >= 11 is 3.44. The van der Waals surface area contributed by atoms with Crippen LogP contribution in [0, 0.1) is 13.8 Å². The van der Waals surface area contributed by atoms with Crippen LogP contribution in [0.1, 0.15) is 49.2 Å². The minimum absolute atomic E-state index is 0.0706. The molecule has 0 spiro atoms. The summed E-state index contributed by atoms with van der Waals surface area (Å²) in [4.78, 5) is 24.0. The Kier molecular flexibility index (Phi) is 9.69. The molecule has 0 fully saturated rings. The van der Waals surface area contributed by atoms with Gasteiger partial charge < -0.3 is 28.3 Å². The maximum Gasteiger partial charge on any atom is 0.335 e. The summed E-state index contributed by atoms with van der Waals surface area (Å²) < 4.78 is 25.9. The number of furan rings is 1. The lowest BCUT2D eigenvalue weighted by Gasteiger charge is -2.14. The Bertz CT molecular complexity index is 1840. The summed E-state index contributed by atoms with van der Waals surface area (Å²) in [6.07, 6.45) is 1.42. The third-order valence-corrected chi connectivity index (χ3v) is 7.29. The van der Waals surface area contributed by atoms with E-state index in [-0.39, 0.29) is 24.5 Å². The van der Waals surface area contributed by atoms with E-state index in [1.165, 1.54) is 25.5 Å². The molecule has 0 aliphatic heterocycles. The first-order chi connectivity index (χ1) is 21.7. The van der Waals surface area contributed by atoms with Crippen molar-refractivity contribution in [3.05, 3.63) is 129 Å². The predicted molar refractivity (Wildman–Crippen MR) is 172 cm³/mol. The van der Waals surface area contributed by atoms with E-state index in [0.29, 0.717) is 38.6 Å². The highest BCUT2D eigenvalue weighted by atomic mass is 79.9. The molecule has 3 aromatic carbocycles. The average Bonchev–Trinajstić information content (AvgIpc) is 3.65. The smallest absolute Gasteiger partial charge is 0.335 e. The number of benzene rings is 3. The lowest BCUT2D eigenvalue weighted by molar-refractivity contribution is 0.0696. The Hall–Kier alpha value is -5.29. The van der Waals surface area contributed by atoms with Crippen molar-refractivity contribution in [2.75, 3.05) is 7.11 Å². The van der Waals surface area contributed by atoms with Crippen LogP contribution in [0.4, 0.5) is 0 Å². The van der Waals surface area contributed by atoms with E-state index in [9.17, 15) is 14.7 Å². The highest BCUT2D eigenvalue weighted by Gasteiger charge is 2.15. The maximum atomic E-state index is 12.7. The van der Waals surface area contributed by atoms with Gasteiger partial charge in [-0.3, -0.25) is 4.79 Å². The number of hydrazone groups is 1. The van der Waals surface area contributed by atoms with Gasteiger partial charge in [-0.1, -0.05) is 28.1 Å². The van der Waals surface area contributed by atoms with Crippen LogP contribution in [0.3, 0.4) is 0 Å². The van der Waals surface area contributed by atoms with Crippen molar-refractivity contribution in [1.82, 2.24) is 9.99 Å². The Morgan fingerprint density at radius 2 is 1.71 bits per heavy atom. The number of carbonyl (C=O) groups excluding carboxylic acids is 1. The number of aromatic nitrogens is 1. The molecule has 2 aromatic heterocycles. The van der Waals surface area contributed by atoms with Crippen LogP contribution < -0.4 is 19.6 Å². The molecular formula is C34H30BrN3O7. The second-order valence-corrected chi connectivity index (χ2v) is 10.9. The third kappa shape index (κ3) is 7.63. The van der Waals surface area contributed by atoms with Crippen molar-refractivity contribution >= 4 is 34.0 Å². The van der Waals surface area contributed by atoms with Gasteiger partial charge in [-0.2, -0.15) is 5.10 Å². The molecule has 0 atom stereocenters. The molecule has 5 rings (SSSR count). The molecule has 0 aliphatic rings. The minimum Gasteiger partial charge on any atom is -0.493 e. The van der Waals surface area contributed by atoms with Gasteiger partial charge in [0.15, 0.2) is 17.3 Å². The first kappa shape index (κ1) is 31.1. The molecule has 230 valence electrons. The summed E-state index contributed by atoms with van der Waals surface area (Å²) in [5.41, 5.74) is 7.13. The number of halogens is 1. The number of carbonyl (C=O) groups is 2. The van der Waals surface area contributed by atoms with Gasteiger partial charge in [0, 0.05) is 27.1 Å². The topological polar surface area (TPSA) is 125 Å². The van der Waals surface area contributed by atoms with Gasteiger partial charge >= 0.3 is 11.9 Å². The van der Waals surface area contributed by atoms with Gasteiger partial charge in [-0.15, -0.1) is 0 Å². The molecule has 0 saturated carbocycles. The van der Waals surface area contributed by atoms with E-state index < -0.39 is 11.9 Å². The van der Waals surface area contributed by atoms with Crippen molar-refractivity contribution in [2.24, 2.45) is 5.10 Å². The molecule has 0 unspecified atom stereocenters. The first-order valence-electron chi connectivity index (χ1n) is 13.8. The largest absolute Gasteiger partial charge is 0.493 e. The van der Waals surface area contributed by atoms with Gasteiger partial charge in [0.25, 0.3) is 0 Å². The zero-order valence-corrected chi connectivity index (χ0v) is 26.3. The van der Waals surface area contributed by atoms with Crippen LogP contribution in [0.5, 0.6) is 17.2 Å². The van der Waals surface area contributed by atoms with Crippen molar-refractivity contribution in [3.8, 4) is 22.9 Å². The Labute approximate surface area is 268 Å². The molecule has 5 aromatic rings. The molecule has 11 heteroatoms. The average molecular weight is 673 g/mol. The number of nitrogens with one attached hydrogen (secondary N) is 1. The summed E-state index contributed by atoms with van der Waals surface area (Å²) in [6.45, 7) is 4.35. The van der Waals surface area contributed by atoms with Gasteiger partial charge in [0.1, 0.15) is 24.7 Å². The van der Waals surface area contributed by atoms with E-state index in [2.05, 4.69) is 57.0 Å². The zero-order valence-electron chi connectivity index (χ0n) is 24.7. The van der Waals surface area contributed by atoms with Crippen LogP contribution in [-0.4, -0.2) is 34.9 Å². The lowest BCUT2D eigenvalue weighted by Crippen LogP contribution is -2.17. The number of methoxy groups -OCH3 is 1. The zero-order chi connectivity index (χ0) is 31.9. The van der Waals surface area contributed by atoms with Crippen LogP contribution in [0.2, 0.25) is 0 Å². The SMILES string of the molecule is COc1cc(Br)cc(C=NNC(=O)c2ccc(COc3ccc(-n4c(C)ccc4C)cc3)o2)c1OCc1cccc(C(=O)O)c1. The van der Waals surface area contributed by atoms with Gasteiger partial charge in [-0.25, -0.2) is 10.2 Å². The summed E-state index contributed by atoms with van der Waals surface area (Å²) in [5, 5.41) is 13.3. The van der Waals surface area contributed by atoms with E-state index in [1.54, 1.807) is 36.4 Å². The molecule has 2 heterocycles. The number of rotatable bonds is 12. The second-order valence-electron chi connectivity index (χ2n) is 10.0. The highest BCUT2D eigenvalue weighted by molar-refractivity contribution is 9.10. The minimum atomic E-state index is -1.03. The van der Waals surface area contributed by atoms with Crippen molar-refractivity contribution in [3.63, 3.8) is 0 Å². The van der Waals surface area contributed by atoms with Crippen molar-refractivity contribution in [1.29, 1.82) is 0 Å². The van der Waals surface area contributed by atoms with E-state index in [1.807, 2.05) is 24.3 Å². The Balaban J connectivity index is 1.20. The number of aromatic carboxylic acids is 1. The number of carboxylic acid groups (broad SMARTS) is 1. The van der Waals surface area contributed by atoms with Crippen molar-refractivity contribution < 1.29 is 33.3 Å². The predicted octanol–water partition coefficient (Wildman–Crippen LogP) is 7.08. The van der Waals surface area contributed by atoms with Gasteiger partial charge in [0.2, 0.25) is 0 Å². The molecule has 0 aliphatic carbocycles. The van der Waals surface area contributed by atoms with E-state index >= 15 is 0 Å². The number of ether oxygens (including phenoxy) is 3. The molecule has 0 radical (unpaired) electrons. The number of carboxylic acids is 1. The molecule has 0 saturated heterocycles. The molecule has 0 bridgehead atoms. The Morgan fingerprint density at radius 3 is 2.42 bits per heavy atom. The molecule has 10 nitrogen and oxygen atoms in total. The normalized spacial score (nSPS) is 11.0. The van der Waals surface area contributed by atoms with Crippen LogP contribution in [0.25, 0.3) is 5.69 Å². The molecule has 1 amide bonds. The molecule has 2 N–H and O–H groups in total.